The summed E-state index contributed by atoms with van der Waals surface area (Å²) in [5.41, 5.74) is 0.533. The van der Waals surface area contributed by atoms with Gasteiger partial charge in [0.2, 0.25) is 5.91 Å². The topological polar surface area (TPSA) is 71.5 Å². The normalized spacial score (nSPS) is 17.9. The van der Waals surface area contributed by atoms with Crippen molar-refractivity contribution < 1.29 is 14.3 Å². The average molecular weight is 353 g/mol. The van der Waals surface area contributed by atoms with Gasteiger partial charge in [0.1, 0.15) is 5.60 Å². The van der Waals surface area contributed by atoms with Crippen LogP contribution >= 0.6 is 11.3 Å². The average Bonchev–Trinajstić information content (AvgIpc) is 3.04. The molecule has 0 aromatic carbocycles. The molecule has 1 unspecified atom stereocenters. The van der Waals surface area contributed by atoms with E-state index in [4.69, 9.17) is 4.74 Å². The number of thiazole rings is 1. The summed E-state index contributed by atoms with van der Waals surface area (Å²) in [5.74, 6) is -0.137. The predicted octanol–water partition coefficient (Wildman–Crippen LogP) is 2.68. The lowest BCUT2D eigenvalue weighted by Crippen LogP contribution is -2.38. The Morgan fingerprint density at radius 3 is 2.67 bits per heavy atom. The Bertz CT molecular complexity index is 607. The number of nitrogens with zero attached hydrogens (tertiary/aromatic N) is 2. The summed E-state index contributed by atoms with van der Waals surface area (Å²) in [7, 11) is 0. The van der Waals surface area contributed by atoms with Crippen molar-refractivity contribution in [3.05, 3.63) is 15.6 Å². The highest BCUT2D eigenvalue weighted by Gasteiger charge is 2.33. The summed E-state index contributed by atoms with van der Waals surface area (Å²) in [4.78, 5) is 31.5. The van der Waals surface area contributed by atoms with Gasteiger partial charge in [0.15, 0.2) is 0 Å². The third kappa shape index (κ3) is 5.19. The van der Waals surface area contributed by atoms with Gasteiger partial charge in [-0.25, -0.2) is 9.78 Å². The van der Waals surface area contributed by atoms with Gasteiger partial charge in [-0.15, -0.1) is 11.3 Å². The van der Waals surface area contributed by atoms with Crippen molar-refractivity contribution >= 4 is 23.3 Å². The van der Waals surface area contributed by atoms with E-state index in [1.807, 2.05) is 34.6 Å². The molecule has 134 valence electrons. The van der Waals surface area contributed by atoms with Gasteiger partial charge in [0.05, 0.1) is 16.6 Å². The standard InChI is InChI=1S/C17H27N3O3S/c1-11-14(24-12(2)19-11)6-8-18-15(21)13-7-9-20(10-13)16(22)23-17(3,4)5/h13H,6-10H2,1-5H3,(H,18,21). The Labute approximate surface area is 147 Å². The molecule has 0 bridgehead atoms. The first kappa shape index (κ1) is 18.7. The zero-order chi connectivity index (χ0) is 17.9. The Morgan fingerprint density at radius 2 is 2.08 bits per heavy atom. The number of hydrogen-bond acceptors (Lipinski definition) is 5. The molecule has 1 saturated heterocycles. The summed E-state index contributed by atoms with van der Waals surface area (Å²) >= 11 is 1.68. The van der Waals surface area contributed by atoms with E-state index < -0.39 is 5.60 Å². The lowest BCUT2D eigenvalue weighted by atomic mass is 10.1. The fraction of sp³-hybridized carbons (Fsp3) is 0.706. The number of aryl methyl sites for hydroxylation is 2. The molecule has 1 N–H and O–H groups in total. The Hall–Kier alpha value is -1.63. The molecule has 2 amide bonds. The molecular formula is C17H27N3O3S. The zero-order valence-corrected chi connectivity index (χ0v) is 16.0. The van der Waals surface area contributed by atoms with Crippen LogP contribution in [0, 0.1) is 19.8 Å². The summed E-state index contributed by atoms with van der Waals surface area (Å²) in [6.45, 7) is 11.1. The molecule has 0 radical (unpaired) electrons. The van der Waals surface area contributed by atoms with E-state index in [0.29, 0.717) is 26.1 Å². The maximum atomic E-state index is 12.3. The Balaban J connectivity index is 1.76. The number of rotatable bonds is 4. The molecule has 2 heterocycles. The minimum absolute atomic E-state index is 0.0138. The summed E-state index contributed by atoms with van der Waals surface area (Å²) in [6.07, 6.45) is 1.14. The number of aromatic nitrogens is 1. The number of carbonyl (C=O) groups excluding carboxylic acids is 2. The van der Waals surface area contributed by atoms with Crippen LogP contribution in [-0.4, -0.2) is 47.1 Å². The van der Waals surface area contributed by atoms with Crippen molar-refractivity contribution in [1.29, 1.82) is 0 Å². The highest BCUT2D eigenvalue weighted by molar-refractivity contribution is 7.11. The molecule has 6 nitrogen and oxygen atoms in total. The van der Waals surface area contributed by atoms with Crippen molar-refractivity contribution in [2.24, 2.45) is 5.92 Å². The van der Waals surface area contributed by atoms with Gasteiger partial charge in [0.25, 0.3) is 0 Å². The van der Waals surface area contributed by atoms with Crippen molar-refractivity contribution in [2.45, 2.75) is 53.1 Å². The molecule has 7 heteroatoms. The first-order valence-electron chi connectivity index (χ1n) is 8.34. The molecule has 2 rings (SSSR count). The summed E-state index contributed by atoms with van der Waals surface area (Å²) in [6, 6.07) is 0. The van der Waals surface area contributed by atoms with Crippen LogP contribution in [0.2, 0.25) is 0 Å². The van der Waals surface area contributed by atoms with E-state index in [-0.39, 0.29) is 17.9 Å². The largest absolute Gasteiger partial charge is 0.444 e. The Morgan fingerprint density at radius 1 is 1.38 bits per heavy atom. The maximum absolute atomic E-state index is 12.3. The fourth-order valence-corrected chi connectivity index (χ4v) is 3.65. The molecule has 0 saturated carbocycles. The number of ether oxygens (including phenoxy) is 1. The van der Waals surface area contributed by atoms with Gasteiger partial charge >= 0.3 is 6.09 Å². The monoisotopic (exact) mass is 353 g/mol. The van der Waals surface area contributed by atoms with Crippen LogP contribution in [-0.2, 0) is 16.0 Å². The highest BCUT2D eigenvalue weighted by Crippen LogP contribution is 2.20. The molecular weight excluding hydrogens is 326 g/mol. The quantitative estimate of drug-likeness (QED) is 0.903. The number of likely N-dealkylation sites (tertiary alicyclic amines) is 1. The van der Waals surface area contributed by atoms with Gasteiger partial charge in [-0.1, -0.05) is 0 Å². The molecule has 1 aromatic heterocycles. The highest BCUT2D eigenvalue weighted by atomic mass is 32.1. The number of hydrogen-bond donors (Lipinski definition) is 1. The number of amides is 2. The molecule has 1 fully saturated rings. The van der Waals surface area contributed by atoms with E-state index >= 15 is 0 Å². The van der Waals surface area contributed by atoms with Gasteiger partial charge in [-0.05, 0) is 41.0 Å². The third-order valence-corrected chi connectivity index (χ3v) is 4.99. The van der Waals surface area contributed by atoms with Gasteiger partial charge in [-0.2, -0.15) is 0 Å². The molecule has 0 aliphatic carbocycles. The van der Waals surface area contributed by atoms with Crippen LogP contribution in [0.3, 0.4) is 0 Å². The maximum Gasteiger partial charge on any atom is 0.410 e. The second-order valence-electron chi connectivity index (χ2n) is 7.19. The van der Waals surface area contributed by atoms with E-state index in [1.54, 1.807) is 16.2 Å². The van der Waals surface area contributed by atoms with E-state index in [9.17, 15) is 9.59 Å². The van der Waals surface area contributed by atoms with Crippen LogP contribution in [0.1, 0.15) is 42.8 Å². The summed E-state index contributed by atoms with van der Waals surface area (Å²) in [5, 5.41) is 4.03. The van der Waals surface area contributed by atoms with Crippen LogP contribution in [0.15, 0.2) is 0 Å². The SMILES string of the molecule is Cc1nc(C)c(CCNC(=O)C2CCN(C(=O)OC(C)(C)C)C2)s1. The first-order valence-corrected chi connectivity index (χ1v) is 9.16. The molecule has 24 heavy (non-hydrogen) atoms. The smallest absolute Gasteiger partial charge is 0.410 e. The number of nitrogens with one attached hydrogen (secondary N) is 1. The van der Waals surface area contributed by atoms with Crippen LogP contribution in [0.5, 0.6) is 0 Å². The fourth-order valence-electron chi connectivity index (χ4n) is 2.72. The Kier molecular flexibility index (Phi) is 5.85. The van der Waals surface area contributed by atoms with Crippen molar-refractivity contribution in [3.63, 3.8) is 0 Å². The minimum Gasteiger partial charge on any atom is -0.444 e. The van der Waals surface area contributed by atoms with Crippen molar-refractivity contribution in [3.8, 4) is 0 Å². The first-order chi connectivity index (χ1) is 11.2. The van der Waals surface area contributed by atoms with E-state index in [0.717, 1.165) is 17.1 Å². The third-order valence-electron chi connectivity index (χ3n) is 3.86. The predicted molar refractivity (Wildman–Crippen MR) is 94.2 cm³/mol. The molecule has 1 aliphatic rings. The van der Waals surface area contributed by atoms with Crippen LogP contribution in [0.4, 0.5) is 4.79 Å². The van der Waals surface area contributed by atoms with Gasteiger partial charge in [0, 0.05) is 30.9 Å². The van der Waals surface area contributed by atoms with Crippen LogP contribution < -0.4 is 5.32 Å². The van der Waals surface area contributed by atoms with Crippen LogP contribution in [0.25, 0.3) is 0 Å². The van der Waals surface area contributed by atoms with Gasteiger partial charge in [-0.3, -0.25) is 4.79 Å². The van der Waals surface area contributed by atoms with E-state index in [1.165, 1.54) is 4.88 Å². The lowest BCUT2D eigenvalue weighted by Gasteiger charge is -2.24. The summed E-state index contributed by atoms with van der Waals surface area (Å²) < 4.78 is 5.35. The van der Waals surface area contributed by atoms with Crippen molar-refractivity contribution in [1.82, 2.24) is 15.2 Å². The second-order valence-corrected chi connectivity index (χ2v) is 8.48. The molecule has 1 aliphatic heterocycles. The molecule has 1 atom stereocenters. The van der Waals surface area contributed by atoms with Gasteiger partial charge < -0.3 is 15.0 Å². The lowest BCUT2D eigenvalue weighted by molar-refractivity contribution is -0.124. The second kappa shape index (κ2) is 7.51. The molecule has 1 aromatic rings. The van der Waals surface area contributed by atoms with E-state index in [2.05, 4.69) is 10.3 Å². The molecule has 0 spiro atoms. The number of carbonyl (C=O) groups is 2. The minimum atomic E-state index is -0.512. The van der Waals surface area contributed by atoms with Crippen molar-refractivity contribution in [2.75, 3.05) is 19.6 Å². The zero-order valence-electron chi connectivity index (χ0n) is 15.1.